The predicted octanol–water partition coefficient (Wildman–Crippen LogP) is 4.55. The summed E-state index contributed by atoms with van der Waals surface area (Å²) in [6.45, 7) is 13.5. The maximum atomic E-state index is 10.1. The van der Waals surface area contributed by atoms with Gasteiger partial charge in [0.05, 0.1) is 24.4 Å². The van der Waals surface area contributed by atoms with Crippen LogP contribution in [0.15, 0.2) is 35.5 Å². The van der Waals surface area contributed by atoms with Gasteiger partial charge < -0.3 is 20.1 Å². The second-order valence-electron chi connectivity index (χ2n) is 11.0. The van der Waals surface area contributed by atoms with Crippen molar-refractivity contribution in [3.8, 4) is 0 Å². The molecule has 3 rings (SSSR count). The van der Waals surface area contributed by atoms with Crippen molar-refractivity contribution in [2.24, 2.45) is 23.2 Å². The molecule has 3 aliphatic carbocycles. The summed E-state index contributed by atoms with van der Waals surface area (Å²) in [4.78, 5) is 0. The van der Waals surface area contributed by atoms with Gasteiger partial charge in [0, 0.05) is 13.0 Å². The van der Waals surface area contributed by atoms with E-state index in [1.54, 1.807) is 13.8 Å². The molecule has 0 saturated heterocycles. The highest BCUT2D eigenvalue weighted by molar-refractivity contribution is 5.38. The van der Waals surface area contributed by atoms with Gasteiger partial charge >= 0.3 is 0 Å². The van der Waals surface area contributed by atoms with Crippen LogP contribution < -0.4 is 0 Å². The van der Waals surface area contributed by atoms with Crippen molar-refractivity contribution >= 4 is 0 Å². The van der Waals surface area contributed by atoms with Crippen molar-refractivity contribution in [1.82, 2.24) is 0 Å². The molecule has 3 N–H and O–H groups in total. The lowest BCUT2D eigenvalue weighted by Crippen LogP contribution is -2.37. The minimum Gasteiger partial charge on any atom is -0.393 e. The molecule has 4 nitrogen and oxygen atoms in total. The highest BCUT2D eigenvalue weighted by atomic mass is 16.5. The van der Waals surface area contributed by atoms with Gasteiger partial charge in [-0.15, -0.1) is 0 Å². The SMILES string of the molecule is C=C1/C(=C/C=C2\CCC[C@]3(C)[C@@H]([C@H](C)COCC(C)(C)O)CC[C@@H]23)C[C@@H](O)C[C@@H]1O. The van der Waals surface area contributed by atoms with Crippen LogP contribution in [0.1, 0.15) is 72.6 Å². The van der Waals surface area contributed by atoms with E-state index in [0.717, 1.165) is 17.6 Å². The fourth-order valence-corrected chi connectivity index (χ4v) is 6.29. The number of hydrogen-bond donors (Lipinski definition) is 3. The minimum atomic E-state index is -0.777. The van der Waals surface area contributed by atoms with Gasteiger partial charge in [0.1, 0.15) is 0 Å². The minimum absolute atomic E-state index is 0.294. The number of hydrogen-bond acceptors (Lipinski definition) is 4. The van der Waals surface area contributed by atoms with Crippen LogP contribution in [-0.2, 0) is 4.74 Å². The Kier molecular flexibility index (Phi) is 7.33. The van der Waals surface area contributed by atoms with Crippen molar-refractivity contribution in [2.75, 3.05) is 13.2 Å². The number of allylic oxidation sites excluding steroid dienone is 3. The lowest BCUT2D eigenvalue weighted by molar-refractivity contribution is -0.0424. The van der Waals surface area contributed by atoms with Crippen molar-refractivity contribution in [2.45, 2.75) is 90.4 Å². The highest BCUT2D eigenvalue weighted by Gasteiger charge is 2.50. The molecule has 0 bridgehead atoms. The number of rotatable bonds is 6. The first-order valence-electron chi connectivity index (χ1n) is 11.8. The summed E-state index contributed by atoms with van der Waals surface area (Å²) in [6.07, 6.45) is 10.3. The van der Waals surface area contributed by atoms with Gasteiger partial charge in [-0.25, -0.2) is 0 Å². The normalized spacial score (nSPS) is 38.8. The molecule has 3 aliphatic rings. The molecule has 3 saturated carbocycles. The van der Waals surface area contributed by atoms with E-state index >= 15 is 0 Å². The summed E-state index contributed by atoms with van der Waals surface area (Å²) < 4.78 is 5.85. The Morgan fingerprint density at radius 3 is 2.70 bits per heavy atom. The van der Waals surface area contributed by atoms with Gasteiger partial charge in [0.25, 0.3) is 0 Å². The Bertz CT molecular complexity index is 686. The molecule has 0 amide bonds. The lowest BCUT2D eigenvalue weighted by atomic mass is 9.61. The van der Waals surface area contributed by atoms with E-state index in [1.807, 2.05) is 0 Å². The molecule has 6 atom stereocenters. The third kappa shape index (κ3) is 5.27. The average Bonchev–Trinajstić information content (AvgIpc) is 3.00. The zero-order valence-electron chi connectivity index (χ0n) is 19.4. The second kappa shape index (κ2) is 9.28. The summed E-state index contributed by atoms with van der Waals surface area (Å²) in [6, 6.07) is 0. The van der Waals surface area contributed by atoms with Crippen LogP contribution in [-0.4, -0.2) is 46.3 Å². The quantitative estimate of drug-likeness (QED) is 0.592. The van der Waals surface area contributed by atoms with Crippen molar-refractivity contribution < 1.29 is 20.1 Å². The second-order valence-corrected chi connectivity index (χ2v) is 11.0. The standard InChI is InChI=1S/C26H42O4/c1-17(15-30-16-25(3,4)29)22-10-11-23-19(7-6-12-26(22,23)5)8-9-20-13-21(27)14-24(28)18(20)2/h8-9,17,21-24,27-29H,2,6-7,10-16H2,1,3-5H3/b19-8+,20-9+/t17-,21-,22-,23+,24+,26-/m1/s1. The Morgan fingerprint density at radius 1 is 1.27 bits per heavy atom. The van der Waals surface area contributed by atoms with E-state index in [9.17, 15) is 15.3 Å². The maximum absolute atomic E-state index is 10.1. The first-order valence-corrected chi connectivity index (χ1v) is 11.8. The van der Waals surface area contributed by atoms with Gasteiger partial charge in [-0.1, -0.05) is 38.2 Å². The van der Waals surface area contributed by atoms with Crippen LogP contribution in [0.3, 0.4) is 0 Å². The first kappa shape index (κ1) is 23.7. The van der Waals surface area contributed by atoms with Crippen LogP contribution in [0, 0.1) is 23.2 Å². The summed E-state index contributed by atoms with van der Waals surface area (Å²) in [5.74, 6) is 1.70. The molecule has 0 aromatic heterocycles. The van der Waals surface area contributed by atoms with Crippen LogP contribution in [0.2, 0.25) is 0 Å². The summed E-state index contributed by atoms with van der Waals surface area (Å²) in [5, 5.41) is 30.0. The van der Waals surface area contributed by atoms with E-state index in [4.69, 9.17) is 4.74 Å². The van der Waals surface area contributed by atoms with Gasteiger partial charge in [-0.05, 0) is 86.7 Å². The summed E-state index contributed by atoms with van der Waals surface area (Å²) >= 11 is 0. The molecule has 0 radical (unpaired) electrons. The molecular weight excluding hydrogens is 376 g/mol. The van der Waals surface area contributed by atoms with Gasteiger partial charge in [0.2, 0.25) is 0 Å². The van der Waals surface area contributed by atoms with E-state index in [2.05, 4.69) is 32.6 Å². The van der Waals surface area contributed by atoms with E-state index in [0.29, 0.717) is 49.2 Å². The van der Waals surface area contributed by atoms with Crippen LogP contribution in [0.25, 0.3) is 0 Å². The molecule has 30 heavy (non-hydrogen) atoms. The Morgan fingerprint density at radius 2 is 2.00 bits per heavy atom. The molecular formula is C26H42O4. The summed E-state index contributed by atoms with van der Waals surface area (Å²) in [5.41, 5.74) is 2.79. The third-order valence-electron chi connectivity index (χ3n) is 7.83. The largest absolute Gasteiger partial charge is 0.393 e. The summed E-state index contributed by atoms with van der Waals surface area (Å²) in [7, 11) is 0. The molecule has 170 valence electrons. The van der Waals surface area contributed by atoms with Crippen LogP contribution in [0.5, 0.6) is 0 Å². The number of aliphatic hydroxyl groups excluding tert-OH is 2. The molecule has 0 spiro atoms. The zero-order chi connectivity index (χ0) is 22.1. The third-order valence-corrected chi connectivity index (χ3v) is 7.83. The first-order chi connectivity index (χ1) is 14.0. The van der Waals surface area contributed by atoms with E-state index in [1.165, 1.54) is 31.3 Å². The predicted molar refractivity (Wildman–Crippen MR) is 121 cm³/mol. The van der Waals surface area contributed by atoms with E-state index < -0.39 is 17.8 Å². The lowest BCUT2D eigenvalue weighted by Gasteiger charge is -2.44. The fraction of sp³-hybridized carbons (Fsp3) is 0.769. The van der Waals surface area contributed by atoms with Gasteiger partial charge in [0.15, 0.2) is 0 Å². The van der Waals surface area contributed by atoms with Crippen LogP contribution >= 0.6 is 0 Å². The molecule has 0 aromatic carbocycles. The fourth-order valence-electron chi connectivity index (χ4n) is 6.29. The monoisotopic (exact) mass is 418 g/mol. The number of fused-ring (bicyclic) bond motifs is 1. The Hall–Kier alpha value is -0.940. The Labute approximate surface area is 182 Å². The Balaban J connectivity index is 1.70. The molecule has 0 unspecified atom stereocenters. The highest BCUT2D eigenvalue weighted by Crippen LogP contribution is 2.59. The van der Waals surface area contributed by atoms with Gasteiger partial charge in [-0.3, -0.25) is 0 Å². The zero-order valence-corrected chi connectivity index (χ0v) is 19.4. The number of aliphatic hydroxyl groups is 3. The van der Waals surface area contributed by atoms with Crippen molar-refractivity contribution in [3.05, 3.63) is 35.5 Å². The van der Waals surface area contributed by atoms with Gasteiger partial charge in [-0.2, -0.15) is 0 Å². The average molecular weight is 419 g/mol. The van der Waals surface area contributed by atoms with Crippen molar-refractivity contribution in [3.63, 3.8) is 0 Å². The van der Waals surface area contributed by atoms with Crippen LogP contribution in [0.4, 0.5) is 0 Å². The molecule has 0 aliphatic heterocycles. The van der Waals surface area contributed by atoms with E-state index in [-0.39, 0.29) is 0 Å². The maximum Gasteiger partial charge on any atom is 0.0824 e. The molecule has 3 fully saturated rings. The molecule has 0 heterocycles. The smallest absolute Gasteiger partial charge is 0.0824 e. The molecule has 4 heteroatoms. The van der Waals surface area contributed by atoms with Crippen molar-refractivity contribution in [1.29, 1.82) is 0 Å². The molecule has 0 aromatic rings. The number of ether oxygens (including phenoxy) is 1. The topological polar surface area (TPSA) is 69.9 Å².